The van der Waals surface area contributed by atoms with E-state index in [1.54, 1.807) is 37.5 Å². The predicted molar refractivity (Wildman–Crippen MR) is 87.4 cm³/mol. The van der Waals surface area contributed by atoms with Crippen molar-refractivity contribution in [1.29, 1.82) is 0 Å². The summed E-state index contributed by atoms with van der Waals surface area (Å²) in [5.41, 5.74) is 1.44. The molecule has 0 aliphatic rings. The highest BCUT2D eigenvalue weighted by molar-refractivity contribution is 7.82. The Bertz CT molecular complexity index is 687. The molecule has 2 N–H and O–H groups in total. The van der Waals surface area contributed by atoms with Crippen molar-refractivity contribution >= 4 is 30.2 Å². The number of carbonyl (C=O) groups excluding carboxylic acids is 1. The summed E-state index contributed by atoms with van der Waals surface area (Å²) in [6.07, 6.45) is 3.76. The minimum Gasteiger partial charge on any atom is -0.478 e. The highest BCUT2D eigenvalue weighted by Crippen LogP contribution is 2.22. The monoisotopic (exact) mass is 316 g/mol. The summed E-state index contributed by atoms with van der Waals surface area (Å²) < 4.78 is -0.942. The van der Waals surface area contributed by atoms with E-state index in [2.05, 4.69) is 22.9 Å². The van der Waals surface area contributed by atoms with Crippen LogP contribution in [0, 0.1) is 0 Å². The summed E-state index contributed by atoms with van der Waals surface area (Å²) in [6, 6.07) is 9.77. The minimum atomic E-state index is -1.04. The maximum absolute atomic E-state index is 12.4. The van der Waals surface area contributed by atoms with Gasteiger partial charge in [0.2, 0.25) is 5.91 Å². The largest absolute Gasteiger partial charge is 0.478 e. The van der Waals surface area contributed by atoms with Gasteiger partial charge >= 0.3 is 5.97 Å². The molecule has 1 unspecified atom stereocenters. The van der Waals surface area contributed by atoms with Crippen LogP contribution in [-0.4, -0.2) is 26.7 Å². The van der Waals surface area contributed by atoms with Gasteiger partial charge in [0.15, 0.2) is 0 Å². The third-order valence-corrected chi connectivity index (χ3v) is 3.49. The lowest BCUT2D eigenvalue weighted by molar-refractivity contribution is -0.118. The molecule has 1 aromatic heterocycles. The van der Waals surface area contributed by atoms with Gasteiger partial charge in [0.25, 0.3) is 0 Å². The highest BCUT2D eigenvalue weighted by atomic mass is 32.1. The van der Waals surface area contributed by atoms with Gasteiger partial charge in [-0.15, -0.1) is 0 Å². The van der Waals surface area contributed by atoms with Crippen molar-refractivity contribution in [3.05, 3.63) is 59.9 Å². The van der Waals surface area contributed by atoms with Crippen LogP contribution in [0.1, 0.15) is 22.8 Å². The van der Waals surface area contributed by atoms with E-state index < -0.39 is 10.7 Å². The molecule has 1 aromatic carbocycles. The fourth-order valence-electron chi connectivity index (χ4n) is 1.98. The van der Waals surface area contributed by atoms with Gasteiger partial charge in [0.05, 0.1) is 10.3 Å². The number of hydrogen-bond donors (Lipinski definition) is 3. The van der Waals surface area contributed by atoms with Crippen LogP contribution in [-0.2, 0) is 11.2 Å². The Balaban J connectivity index is 2.10. The molecule has 5 nitrogen and oxygen atoms in total. The van der Waals surface area contributed by atoms with Gasteiger partial charge in [-0.1, -0.05) is 12.1 Å². The SMILES string of the molecule is CC(S)(Cc1cccnc1)C(=O)Nc1cccc(C(=O)O)c1. The van der Waals surface area contributed by atoms with Crippen molar-refractivity contribution in [3.8, 4) is 0 Å². The molecule has 0 saturated carbocycles. The van der Waals surface area contributed by atoms with E-state index >= 15 is 0 Å². The first kappa shape index (κ1) is 16.0. The van der Waals surface area contributed by atoms with Crippen LogP contribution in [0.15, 0.2) is 48.8 Å². The van der Waals surface area contributed by atoms with Crippen molar-refractivity contribution in [2.24, 2.45) is 0 Å². The number of nitrogens with zero attached hydrogens (tertiary/aromatic N) is 1. The van der Waals surface area contributed by atoms with Gasteiger partial charge in [-0.3, -0.25) is 9.78 Å². The number of pyridine rings is 1. The molecular weight excluding hydrogens is 300 g/mol. The van der Waals surface area contributed by atoms with Crippen LogP contribution in [0.4, 0.5) is 5.69 Å². The van der Waals surface area contributed by atoms with Crippen LogP contribution >= 0.6 is 12.6 Å². The van der Waals surface area contributed by atoms with Gasteiger partial charge in [0.1, 0.15) is 0 Å². The second kappa shape index (κ2) is 6.62. The Morgan fingerprint density at radius 2 is 2.09 bits per heavy atom. The summed E-state index contributed by atoms with van der Waals surface area (Å²) in [6.45, 7) is 1.71. The second-order valence-corrected chi connectivity index (χ2v) is 6.14. The quantitative estimate of drug-likeness (QED) is 0.741. The number of aromatic carboxylic acids is 1. The third kappa shape index (κ3) is 4.08. The van der Waals surface area contributed by atoms with E-state index in [0.29, 0.717) is 12.1 Å². The first-order chi connectivity index (χ1) is 10.4. The number of rotatable bonds is 5. The summed E-state index contributed by atoms with van der Waals surface area (Å²) >= 11 is 4.43. The van der Waals surface area contributed by atoms with Crippen molar-refractivity contribution in [2.45, 2.75) is 18.1 Å². The first-order valence-corrected chi connectivity index (χ1v) is 7.09. The number of amides is 1. The third-order valence-electron chi connectivity index (χ3n) is 3.13. The molecule has 114 valence electrons. The molecule has 0 spiro atoms. The zero-order valence-electron chi connectivity index (χ0n) is 12.0. The van der Waals surface area contributed by atoms with Crippen LogP contribution in [0.3, 0.4) is 0 Å². The molecule has 2 aromatic rings. The predicted octanol–water partition coefficient (Wildman–Crippen LogP) is 2.65. The van der Waals surface area contributed by atoms with Gasteiger partial charge in [-0.05, 0) is 43.2 Å². The summed E-state index contributed by atoms with van der Waals surface area (Å²) in [7, 11) is 0. The zero-order valence-corrected chi connectivity index (χ0v) is 12.9. The Kier molecular flexibility index (Phi) is 4.82. The second-order valence-electron chi connectivity index (χ2n) is 5.15. The fourth-order valence-corrected chi connectivity index (χ4v) is 2.21. The number of hydrogen-bond acceptors (Lipinski definition) is 4. The Hall–Kier alpha value is -2.34. The van der Waals surface area contributed by atoms with Crippen LogP contribution < -0.4 is 5.32 Å². The van der Waals surface area contributed by atoms with Crippen molar-refractivity contribution in [3.63, 3.8) is 0 Å². The number of benzene rings is 1. The van der Waals surface area contributed by atoms with Gasteiger partial charge in [0, 0.05) is 18.1 Å². The maximum Gasteiger partial charge on any atom is 0.335 e. The lowest BCUT2D eigenvalue weighted by Gasteiger charge is -2.22. The van der Waals surface area contributed by atoms with E-state index in [-0.39, 0.29) is 11.5 Å². The topological polar surface area (TPSA) is 79.3 Å². The van der Waals surface area contributed by atoms with E-state index in [4.69, 9.17) is 5.11 Å². The fraction of sp³-hybridized carbons (Fsp3) is 0.188. The van der Waals surface area contributed by atoms with Crippen LogP contribution in [0.2, 0.25) is 0 Å². The molecule has 1 amide bonds. The standard InChI is InChI=1S/C16H16N2O3S/c1-16(22,9-11-4-3-7-17-10-11)15(21)18-13-6-2-5-12(8-13)14(19)20/h2-8,10,22H,9H2,1H3,(H,18,21)(H,19,20). The number of carbonyl (C=O) groups is 2. The minimum absolute atomic E-state index is 0.117. The Labute approximate surface area is 133 Å². The molecule has 2 rings (SSSR count). The number of thiol groups is 1. The van der Waals surface area contributed by atoms with E-state index in [0.717, 1.165) is 5.56 Å². The number of nitrogens with one attached hydrogen (secondary N) is 1. The Morgan fingerprint density at radius 1 is 1.32 bits per heavy atom. The van der Waals surface area contributed by atoms with E-state index in [1.807, 2.05) is 6.07 Å². The van der Waals surface area contributed by atoms with Crippen LogP contribution in [0.25, 0.3) is 0 Å². The molecule has 0 aliphatic carbocycles. The molecule has 6 heteroatoms. The molecule has 0 radical (unpaired) electrons. The van der Waals surface area contributed by atoms with Gasteiger partial charge < -0.3 is 10.4 Å². The van der Waals surface area contributed by atoms with Gasteiger partial charge in [-0.2, -0.15) is 12.6 Å². The van der Waals surface area contributed by atoms with Crippen molar-refractivity contribution in [1.82, 2.24) is 4.98 Å². The summed E-state index contributed by atoms with van der Waals surface area (Å²) in [5.74, 6) is -1.35. The molecule has 0 aliphatic heterocycles. The number of carboxylic acid groups (broad SMARTS) is 1. The number of anilines is 1. The van der Waals surface area contributed by atoms with E-state index in [9.17, 15) is 9.59 Å². The average molecular weight is 316 g/mol. The molecule has 22 heavy (non-hydrogen) atoms. The number of carboxylic acids is 1. The summed E-state index contributed by atoms with van der Waals surface area (Å²) in [5, 5.41) is 11.7. The lowest BCUT2D eigenvalue weighted by Crippen LogP contribution is -2.37. The normalized spacial score (nSPS) is 13.2. The molecule has 1 heterocycles. The van der Waals surface area contributed by atoms with Crippen molar-refractivity contribution in [2.75, 3.05) is 5.32 Å². The molecule has 0 fully saturated rings. The molecule has 0 saturated heterocycles. The van der Waals surface area contributed by atoms with Crippen LogP contribution in [0.5, 0.6) is 0 Å². The number of aromatic nitrogens is 1. The zero-order chi connectivity index (χ0) is 16.2. The molecular formula is C16H16N2O3S. The van der Waals surface area contributed by atoms with Crippen molar-refractivity contribution < 1.29 is 14.7 Å². The highest BCUT2D eigenvalue weighted by Gasteiger charge is 2.29. The first-order valence-electron chi connectivity index (χ1n) is 6.64. The average Bonchev–Trinajstić information content (AvgIpc) is 2.48. The lowest BCUT2D eigenvalue weighted by atomic mass is 10.0. The smallest absolute Gasteiger partial charge is 0.335 e. The van der Waals surface area contributed by atoms with E-state index in [1.165, 1.54) is 12.1 Å². The summed E-state index contributed by atoms with van der Waals surface area (Å²) in [4.78, 5) is 27.3. The Morgan fingerprint density at radius 3 is 2.73 bits per heavy atom. The molecule has 1 atom stereocenters. The molecule has 0 bridgehead atoms. The maximum atomic E-state index is 12.4. The van der Waals surface area contributed by atoms with Gasteiger partial charge in [-0.25, -0.2) is 4.79 Å².